The van der Waals surface area contributed by atoms with Gasteiger partial charge in [0.2, 0.25) is 0 Å². The van der Waals surface area contributed by atoms with Crippen molar-refractivity contribution in [3.8, 4) is 11.4 Å². The van der Waals surface area contributed by atoms with Gasteiger partial charge in [-0.25, -0.2) is 0 Å². The average Bonchev–Trinajstić information content (AvgIpc) is 3.14. The predicted molar refractivity (Wildman–Crippen MR) is 83.1 cm³/mol. The minimum absolute atomic E-state index is 0.275. The zero-order valence-corrected chi connectivity index (χ0v) is 13.5. The second kappa shape index (κ2) is 4.66. The van der Waals surface area contributed by atoms with Crippen LogP contribution in [0.4, 0.5) is 0 Å². The first kappa shape index (κ1) is 13.0. The monoisotopic (exact) mass is 346 g/mol. The van der Waals surface area contributed by atoms with Crippen molar-refractivity contribution in [1.29, 1.82) is 0 Å². The van der Waals surface area contributed by atoms with E-state index < -0.39 is 0 Å². The standard InChI is InChI=1S/C15H15BrN4O/c1-8(2)20-11-5-6-17-7-10(11)13(18-20)14-12(16)15(21-19-14)9-3-4-9/h5-9H,3-4H2,1-2H3. The molecule has 0 spiro atoms. The summed E-state index contributed by atoms with van der Waals surface area (Å²) in [5, 5.41) is 9.98. The minimum Gasteiger partial charge on any atom is -0.359 e. The van der Waals surface area contributed by atoms with Crippen molar-refractivity contribution in [2.45, 2.75) is 38.6 Å². The number of hydrogen-bond acceptors (Lipinski definition) is 4. The van der Waals surface area contributed by atoms with E-state index in [1.807, 2.05) is 16.9 Å². The van der Waals surface area contributed by atoms with Crippen molar-refractivity contribution >= 4 is 26.8 Å². The van der Waals surface area contributed by atoms with E-state index in [4.69, 9.17) is 9.62 Å². The first-order valence-electron chi connectivity index (χ1n) is 7.14. The quantitative estimate of drug-likeness (QED) is 0.709. The van der Waals surface area contributed by atoms with Gasteiger partial charge in [0.25, 0.3) is 0 Å². The van der Waals surface area contributed by atoms with Crippen LogP contribution in [0.15, 0.2) is 27.5 Å². The van der Waals surface area contributed by atoms with Gasteiger partial charge in [-0.2, -0.15) is 5.10 Å². The zero-order chi connectivity index (χ0) is 14.6. The number of halogens is 1. The summed E-state index contributed by atoms with van der Waals surface area (Å²) in [6, 6.07) is 2.26. The Bertz CT molecular complexity index is 816. The maximum absolute atomic E-state index is 5.53. The van der Waals surface area contributed by atoms with Crippen molar-refractivity contribution < 1.29 is 4.52 Å². The SMILES string of the molecule is CC(C)n1nc(-c2noc(C3CC3)c2Br)c2cnccc21. The fourth-order valence-corrected chi connectivity index (χ4v) is 3.25. The van der Waals surface area contributed by atoms with Crippen LogP contribution in [0, 0.1) is 0 Å². The van der Waals surface area contributed by atoms with E-state index in [0.29, 0.717) is 5.92 Å². The van der Waals surface area contributed by atoms with E-state index in [1.165, 1.54) is 12.8 Å². The number of aromatic nitrogens is 4. The van der Waals surface area contributed by atoms with Crippen LogP contribution in [-0.2, 0) is 0 Å². The molecular formula is C15H15BrN4O. The highest BCUT2D eigenvalue weighted by molar-refractivity contribution is 9.10. The van der Waals surface area contributed by atoms with Gasteiger partial charge in [-0.15, -0.1) is 0 Å². The molecule has 3 heterocycles. The number of hydrogen-bond donors (Lipinski definition) is 0. The first-order chi connectivity index (χ1) is 10.2. The third-order valence-corrected chi connectivity index (χ3v) is 4.60. The molecule has 0 bridgehead atoms. The summed E-state index contributed by atoms with van der Waals surface area (Å²) in [6.45, 7) is 4.23. The van der Waals surface area contributed by atoms with Gasteiger partial charge >= 0.3 is 0 Å². The van der Waals surface area contributed by atoms with Crippen molar-refractivity contribution in [1.82, 2.24) is 19.9 Å². The van der Waals surface area contributed by atoms with Gasteiger partial charge in [0, 0.05) is 29.7 Å². The molecule has 0 unspecified atom stereocenters. The Labute approximate surface area is 130 Å². The van der Waals surface area contributed by atoms with Crippen molar-refractivity contribution in [3.05, 3.63) is 28.7 Å². The van der Waals surface area contributed by atoms with E-state index in [2.05, 4.69) is 39.9 Å². The van der Waals surface area contributed by atoms with Crippen molar-refractivity contribution in [2.75, 3.05) is 0 Å². The maximum Gasteiger partial charge on any atom is 0.154 e. The normalized spacial score (nSPS) is 15.2. The molecule has 1 aliphatic carbocycles. The van der Waals surface area contributed by atoms with Crippen molar-refractivity contribution in [2.24, 2.45) is 0 Å². The Morgan fingerprint density at radius 3 is 2.86 bits per heavy atom. The molecule has 3 aromatic rings. The van der Waals surface area contributed by atoms with Gasteiger partial charge in [-0.05, 0) is 48.7 Å². The minimum atomic E-state index is 0.275. The summed E-state index contributed by atoms with van der Waals surface area (Å²) < 4.78 is 8.46. The molecule has 1 aliphatic rings. The fourth-order valence-electron chi connectivity index (χ4n) is 2.59. The summed E-state index contributed by atoms with van der Waals surface area (Å²) in [4.78, 5) is 4.23. The van der Waals surface area contributed by atoms with Crippen LogP contribution in [0.5, 0.6) is 0 Å². The second-order valence-electron chi connectivity index (χ2n) is 5.76. The smallest absolute Gasteiger partial charge is 0.154 e. The molecule has 0 radical (unpaired) electrons. The molecule has 1 saturated carbocycles. The van der Waals surface area contributed by atoms with Gasteiger partial charge in [0.05, 0.1) is 9.99 Å². The highest BCUT2D eigenvalue weighted by atomic mass is 79.9. The lowest BCUT2D eigenvalue weighted by Gasteiger charge is -2.05. The first-order valence-corrected chi connectivity index (χ1v) is 7.93. The molecule has 0 saturated heterocycles. The fraction of sp³-hybridized carbons (Fsp3) is 0.400. The van der Waals surface area contributed by atoms with Crippen LogP contribution in [0.25, 0.3) is 22.3 Å². The summed E-state index contributed by atoms with van der Waals surface area (Å²) in [7, 11) is 0. The third kappa shape index (κ3) is 2.00. The van der Waals surface area contributed by atoms with Crippen LogP contribution in [-0.4, -0.2) is 19.9 Å². The molecule has 0 aromatic carbocycles. The molecule has 4 rings (SSSR count). The topological polar surface area (TPSA) is 56.7 Å². The van der Waals surface area contributed by atoms with E-state index in [1.54, 1.807) is 6.20 Å². The lowest BCUT2D eigenvalue weighted by molar-refractivity contribution is 0.385. The Balaban J connectivity index is 1.94. The lowest BCUT2D eigenvalue weighted by Crippen LogP contribution is -2.02. The van der Waals surface area contributed by atoms with Gasteiger partial charge in [-0.3, -0.25) is 9.67 Å². The van der Waals surface area contributed by atoms with Gasteiger partial charge in [0.1, 0.15) is 11.4 Å². The van der Waals surface area contributed by atoms with E-state index in [0.717, 1.165) is 32.5 Å². The molecule has 0 N–H and O–H groups in total. The summed E-state index contributed by atoms with van der Waals surface area (Å²) in [5.41, 5.74) is 2.67. The summed E-state index contributed by atoms with van der Waals surface area (Å²) >= 11 is 3.63. The van der Waals surface area contributed by atoms with Gasteiger partial charge < -0.3 is 4.52 Å². The number of fused-ring (bicyclic) bond motifs is 1. The molecule has 3 aromatic heterocycles. The molecule has 5 nitrogen and oxygen atoms in total. The largest absolute Gasteiger partial charge is 0.359 e. The molecule has 21 heavy (non-hydrogen) atoms. The Hall–Kier alpha value is -1.69. The number of rotatable bonds is 3. The van der Waals surface area contributed by atoms with Crippen LogP contribution in [0.3, 0.4) is 0 Å². The number of nitrogens with zero attached hydrogens (tertiary/aromatic N) is 4. The molecule has 108 valence electrons. The van der Waals surface area contributed by atoms with Crippen molar-refractivity contribution in [3.63, 3.8) is 0 Å². The Kier molecular flexibility index (Phi) is 2.89. The molecule has 6 heteroatoms. The Morgan fingerprint density at radius 2 is 2.14 bits per heavy atom. The Morgan fingerprint density at radius 1 is 1.33 bits per heavy atom. The number of pyridine rings is 1. The molecule has 1 fully saturated rings. The zero-order valence-electron chi connectivity index (χ0n) is 11.9. The van der Waals surface area contributed by atoms with Gasteiger partial charge in [0.15, 0.2) is 5.76 Å². The molecule has 0 atom stereocenters. The van der Waals surface area contributed by atoms with E-state index in [-0.39, 0.29) is 6.04 Å². The van der Waals surface area contributed by atoms with Crippen LogP contribution in [0.2, 0.25) is 0 Å². The highest BCUT2D eigenvalue weighted by Crippen LogP contribution is 2.46. The lowest BCUT2D eigenvalue weighted by atomic mass is 10.2. The molecule has 0 amide bonds. The molecule has 0 aliphatic heterocycles. The van der Waals surface area contributed by atoms with Gasteiger partial charge in [-0.1, -0.05) is 5.16 Å². The third-order valence-electron chi connectivity index (χ3n) is 3.83. The predicted octanol–water partition coefficient (Wildman–Crippen LogP) is 4.31. The van der Waals surface area contributed by atoms with Crippen LogP contribution >= 0.6 is 15.9 Å². The van der Waals surface area contributed by atoms with E-state index in [9.17, 15) is 0 Å². The maximum atomic E-state index is 5.53. The summed E-state index contributed by atoms with van der Waals surface area (Å²) in [5.74, 6) is 1.46. The molecular weight excluding hydrogens is 332 g/mol. The average molecular weight is 347 g/mol. The van der Waals surface area contributed by atoms with Crippen LogP contribution in [0.1, 0.15) is 44.4 Å². The van der Waals surface area contributed by atoms with Crippen LogP contribution < -0.4 is 0 Å². The highest BCUT2D eigenvalue weighted by Gasteiger charge is 2.32. The second-order valence-corrected chi connectivity index (χ2v) is 6.56. The summed E-state index contributed by atoms with van der Waals surface area (Å²) in [6.07, 6.45) is 5.99. The van der Waals surface area contributed by atoms with E-state index >= 15 is 0 Å².